The molecule has 0 rings (SSSR count). The number of hydrogen-bond acceptors (Lipinski definition) is 4. The third-order valence-corrected chi connectivity index (χ3v) is 11.0. The Morgan fingerprint density at radius 1 is 1.00 bits per heavy atom. The summed E-state index contributed by atoms with van der Waals surface area (Å²) in [6.45, 7) is 19.2. The van der Waals surface area contributed by atoms with Crippen LogP contribution in [0.25, 0.3) is 0 Å². The molecule has 1 N–H and O–H groups in total. The zero-order valence-corrected chi connectivity index (χ0v) is 18.0. The van der Waals surface area contributed by atoms with Gasteiger partial charge in [0.1, 0.15) is 0 Å². The average Bonchev–Trinajstić information content (AvgIpc) is 2.44. The largest absolute Gasteiger partial charge is 0.463 e. The highest BCUT2D eigenvalue weighted by Gasteiger charge is 2.47. The number of carbonyl (C=O) groups excluding carboxylic acids is 1. The Hall–Kier alpha value is -0.653. The highest BCUT2D eigenvalue weighted by Crippen LogP contribution is 2.44. The van der Waals surface area contributed by atoms with Crippen molar-refractivity contribution in [2.45, 2.75) is 91.1 Å². The predicted molar refractivity (Wildman–Crippen MR) is 103 cm³/mol. The van der Waals surface area contributed by atoms with Crippen molar-refractivity contribution in [2.24, 2.45) is 5.92 Å². The molecule has 142 valence electrons. The fourth-order valence-electron chi connectivity index (χ4n) is 3.82. The first kappa shape index (κ1) is 23.3. The molecule has 0 spiro atoms. The molecule has 0 aliphatic heterocycles. The molecule has 0 fully saturated rings. The maximum atomic E-state index is 11.5. The first-order valence-corrected chi connectivity index (χ1v) is 11.3. The Morgan fingerprint density at radius 3 is 1.79 bits per heavy atom. The lowest BCUT2D eigenvalue weighted by molar-refractivity contribution is -0.137. The van der Waals surface area contributed by atoms with Crippen LogP contribution in [-0.2, 0) is 14.0 Å². The van der Waals surface area contributed by atoms with Gasteiger partial charge in [-0.05, 0) is 30.5 Å². The van der Waals surface area contributed by atoms with E-state index >= 15 is 0 Å². The van der Waals surface area contributed by atoms with Crippen molar-refractivity contribution in [2.75, 3.05) is 6.61 Å². The fraction of sp³-hybridized carbons (Fsp3) is 0.842. The molecule has 0 unspecified atom stereocenters. The highest BCUT2D eigenvalue weighted by atomic mass is 28.4. The molecular weight excluding hydrogens is 320 g/mol. The summed E-state index contributed by atoms with van der Waals surface area (Å²) < 4.78 is 11.7. The summed E-state index contributed by atoms with van der Waals surface area (Å²) in [6, 6.07) is 0. The van der Waals surface area contributed by atoms with E-state index < -0.39 is 14.4 Å². The van der Waals surface area contributed by atoms with Crippen molar-refractivity contribution in [3.8, 4) is 0 Å². The third-order valence-electron chi connectivity index (χ3n) is 4.86. The summed E-state index contributed by atoms with van der Waals surface area (Å²) in [4.78, 5) is 11.5. The van der Waals surface area contributed by atoms with E-state index in [4.69, 9.17) is 9.16 Å². The van der Waals surface area contributed by atoms with E-state index in [9.17, 15) is 9.90 Å². The standard InChI is InChI=1S/C19H38O4Si/c1-10-22-18(21)12-11-16(8)19(17(9)20)23-24(13(2)3,14(4)5)15(6)7/h11-17,19-20H,10H2,1-9H3/b12-11+/t16-,17-,19-/m1/s1. The van der Waals surface area contributed by atoms with Crippen molar-refractivity contribution in [3.63, 3.8) is 0 Å². The molecule has 5 heteroatoms. The maximum absolute atomic E-state index is 11.5. The van der Waals surface area contributed by atoms with Crippen LogP contribution in [0.1, 0.15) is 62.3 Å². The Kier molecular flexibility index (Phi) is 10.1. The van der Waals surface area contributed by atoms with Crippen LogP contribution in [0.5, 0.6) is 0 Å². The Morgan fingerprint density at radius 2 is 1.46 bits per heavy atom. The number of aliphatic hydroxyl groups excluding tert-OH is 1. The Bertz CT molecular complexity index is 380. The molecule has 0 bridgehead atoms. The van der Waals surface area contributed by atoms with Gasteiger partial charge in [-0.1, -0.05) is 54.5 Å². The minimum Gasteiger partial charge on any atom is -0.463 e. The molecule has 0 radical (unpaired) electrons. The molecule has 0 amide bonds. The summed E-state index contributed by atoms with van der Waals surface area (Å²) in [5.41, 5.74) is 1.33. The van der Waals surface area contributed by atoms with Gasteiger partial charge in [0.2, 0.25) is 8.32 Å². The van der Waals surface area contributed by atoms with Crippen molar-refractivity contribution < 1.29 is 19.1 Å². The second-order valence-electron chi connectivity index (χ2n) is 7.61. The zero-order chi connectivity index (χ0) is 19.1. The van der Waals surface area contributed by atoms with Gasteiger partial charge in [0, 0.05) is 12.0 Å². The summed E-state index contributed by atoms with van der Waals surface area (Å²) in [5.74, 6) is -0.425. The monoisotopic (exact) mass is 358 g/mol. The summed E-state index contributed by atoms with van der Waals surface area (Å²) in [7, 11) is -2.10. The number of aliphatic hydroxyl groups is 1. The molecule has 0 saturated heterocycles. The van der Waals surface area contributed by atoms with E-state index in [1.54, 1.807) is 19.9 Å². The average molecular weight is 359 g/mol. The molecule has 24 heavy (non-hydrogen) atoms. The fourth-order valence-corrected chi connectivity index (χ4v) is 9.52. The van der Waals surface area contributed by atoms with Gasteiger partial charge in [-0.2, -0.15) is 0 Å². The number of rotatable bonds is 10. The quantitative estimate of drug-likeness (QED) is 0.350. The van der Waals surface area contributed by atoms with Crippen LogP contribution in [0, 0.1) is 5.92 Å². The van der Waals surface area contributed by atoms with Gasteiger partial charge < -0.3 is 14.3 Å². The number of esters is 1. The van der Waals surface area contributed by atoms with Crippen LogP contribution in [0.3, 0.4) is 0 Å². The minimum atomic E-state index is -2.10. The molecule has 4 nitrogen and oxygen atoms in total. The highest BCUT2D eigenvalue weighted by molar-refractivity contribution is 6.77. The van der Waals surface area contributed by atoms with Gasteiger partial charge in [0.15, 0.2) is 0 Å². The molecule has 0 aliphatic carbocycles. The van der Waals surface area contributed by atoms with Crippen LogP contribution in [0.2, 0.25) is 16.6 Å². The molecule has 0 saturated carbocycles. The van der Waals surface area contributed by atoms with Crippen LogP contribution < -0.4 is 0 Å². The lowest BCUT2D eigenvalue weighted by atomic mass is 10.0. The molecule has 0 aromatic carbocycles. The summed E-state index contributed by atoms with van der Waals surface area (Å²) >= 11 is 0. The summed E-state index contributed by atoms with van der Waals surface area (Å²) in [5, 5.41) is 10.3. The van der Waals surface area contributed by atoms with Crippen molar-refractivity contribution in [1.82, 2.24) is 0 Å². The molecule has 0 heterocycles. The van der Waals surface area contributed by atoms with Crippen LogP contribution in [0.15, 0.2) is 12.2 Å². The number of carbonyl (C=O) groups is 1. The lowest BCUT2D eigenvalue weighted by Gasteiger charge is -2.46. The predicted octanol–water partition coefficient (Wildman–Crippen LogP) is 4.68. The van der Waals surface area contributed by atoms with E-state index in [1.165, 1.54) is 6.08 Å². The minimum absolute atomic E-state index is 0.0717. The van der Waals surface area contributed by atoms with E-state index in [1.807, 2.05) is 6.92 Å². The van der Waals surface area contributed by atoms with Crippen LogP contribution >= 0.6 is 0 Å². The van der Waals surface area contributed by atoms with Gasteiger partial charge >= 0.3 is 5.97 Å². The van der Waals surface area contributed by atoms with Gasteiger partial charge in [0.05, 0.1) is 18.8 Å². The first-order chi connectivity index (χ1) is 11.0. The number of hydrogen-bond donors (Lipinski definition) is 1. The normalized spacial score (nSPS) is 16.9. The van der Waals surface area contributed by atoms with Crippen molar-refractivity contribution in [1.29, 1.82) is 0 Å². The second-order valence-corrected chi connectivity index (χ2v) is 13.0. The number of ether oxygens (including phenoxy) is 1. The molecule has 0 aliphatic rings. The Balaban J connectivity index is 5.47. The van der Waals surface area contributed by atoms with Crippen LogP contribution in [-0.4, -0.2) is 38.2 Å². The maximum Gasteiger partial charge on any atom is 0.330 e. The van der Waals surface area contributed by atoms with E-state index in [-0.39, 0.29) is 18.0 Å². The van der Waals surface area contributed by atoms with E-state index in [0.29, 0.717) is 23.2 Å². The molecule has 0 aromatic rings. The van der Waals surface area contributed by atoms with Gasteiger partial charge in [-0.3, -0.25) is 0 Å². The van der Waals surface area contributed by atoms with Crippen LogP contribution in [0.4, 0.5) is 0 Å². The smallest absolute Gasteiger partial charge is 0.330 e. The van der Waals surface area contributed by atoms with Gasteiger partial charge in [-0.25, -0.2) is 4.79 Å². The SMILES string of the molecule is CCOC(=O)/C=C/[C@@H](C)[C@@H](O[Si](C(C)C)(C(C)C)C(C)C)[C@@H](C)O. The van der Waals surface area contributed by atoms with Gasteiger partial charge in [-0.15, -0.1) is 0 Å². The van der Waals surface area contributed by atoms with E-state index in [2.05, 4.69) is 41.5 Å². The molecule has 3 atom stereocenters. The molecular formula is C19H38O4Si. The van der Waals surface area contributed by atoms with Crippen molar-refractivity contribution >= 4 is 14.3 Å². The van der Waals surface area contributed by atoms with Gasteiger partial charge in [0.25, 0.3) is 0 Å². The first-order valence-electron chi connectivity index (χ1n) is 9.21. The lowest BCUT2D eigenvalue weighted by Crippen LogP contribution is -2.53. The third kappa shape index (κ3) is 6.01. The van der Waals surface area contributed by atoms with Crippen molar-refractivity contribution in [3.05, 3.63) is 12.2 Å². The second kappa shape index (κ2) is 10.4. The topological polar surface area (TPSA) is 55.8 Å². The molecule has 0 aromatic heterocycles. The van der Waals surface area contributed by atoms with E-state index in [0.717, 1.165) is 0 Å². The summed E-state index contributed by atoms with van der Waals surface area (Å²) in [6.07, 6.45) is 2.30. The Labute approximate surface area is 149 Å². The zero-order valence-electron chi connectivity index (χ0n) is 17.0.